The number of rotatable bonds is 9. The molecule has 0 spiro atoms. The van der Waals surface area contributed by atoms with Gasteiger partial charge in [-0.25, -0.2) is 0 Å². The van der Waals surface area contributed by atoms with E-state index in [4.69, 9.17) is 25.9 Å². The molecule has 28 heavy (non-hydrogen) atoms. The lowest BCUT2D eigenvalue weighted by molar-refractivity contribution is -0.120. The topological polar surface area (TPSA) is 69.2 Å². The van der Waals surface area contributed by atoms with E-state index in [-0.39, 0.29) is 12.5 Å². The van der Waals surface area contributed by atoms with Gasteiger partial charge in [-0.05, 0) is 36.6 Å². The van der Waals surface area contributed by atoms with Gasteiger partial charge in [0.25, 0.3) is 5.91 Å². The van der Waals surface area contributed by atoms with Crippen molar-refractivity contribution in [3.8, 4) is 11.5 Å². The fourth-order valence-electron chi connectivity index (χ4n) is 2.59. The fourth-order valence-corrected chi connectivity index (χ4v) is 2.87. The Balaban J connectivity index is 1.95. The second-order valence-corrected chi connectivity index (χ2v) is 6.67. The van der Waals surface area contributed by atoms with E-state index in [1.165, 1.54) is 13.3 Å². The first-order valence-corrected chi connectivity index (χ1v) is 9.38. The molecule has 0 saturated heterocycles. The highest BCUT2D eigenvalue weighted by molar-refractivity contribution is 6.32. The number of nitrogens with one attached hydrogen (secondary N) is 1. The van der Waals surface area contributed by atoms with Crippen molar-refractivity contribution < 1.29 is 19.1 Å². The molecule has 1 N–H and O–H groups in total. The van der Waals surface area contributed by atoms with Gasteiger partial charge in [0.1, 0.15) is 0 Å². The quantitative estimate of drug-likeness (QED) is 0.478. The lowest BCUT2D eigenvalue weighted by atomic mass is 10.0. The van der Waals surface area contributed by atoms with Gasteiger partial charge < -0.3 is 19.6 Å². The molecule has 2 aromatic carbocycles. The van der Waals surface area contributed by atoms with Gasteiger partial charge in [-0.15, -0.1) is 0 Å². The van der Waals surface area contributed by atoms with Crippen molar-refractivity contribution in [3.05, 3.63) is 52.5 Å². The number of ether oxygens (including phenoxy) is 2. The van der Waals surface area contributed by atoms with E-state index < -0.39 is 0 Å². The van der Waals surface area contributed by atoms with E-state index in [0.29, 0.717) is 34.6 Å². The van der Waals surface area contributed by atoms with Gasteiger partial charge in [-0.1, -0.05) is 48.8 Å². The molecule has 0 bridgehead atoms. The van der Waals surface area contributed by atoms with Crippen LogP contribution in [0.2, 0.25) is 5.02 Å². The van der Waals surface area contributed by atoms with Crippen molar-refractivity contribution in [2.75, 3.05) is 25.6 Å². The third-order valence-corrected chi connectivity index (χ3v) is 4.15. The van der Waals surface area contributed by atoms with Crippen molar-refractivity contribution in [2.24, 2.45) is 5.16 Å². The normalized spacial score (nSPS) is 10.9. The molecular formula is C21H25ClN2O4. The van der Waals surface area contributed by atoms with Gasteiger partial charge in [-0.2, -0.15) is 0 Å². The van der Waals surface area contributed by atoms with Crippen molar-refractivity contribution in [1.29, 1.82) is 0 Å². The van der Waals surface area contributed by atoms with Crippen LogP contribution >= 0.6 is 11.6 Å². The Kier molecular flexibility index (Phi) is 8.14. The molecule has 0 aliphatic carbocycles. The summed E-state index contributed by atoms with van der Waals surface area (Å²) in [6.45, 7) is 6.28. The van der Waals surface area contributed by atoms with Crippen LogP contribution in [0.15, 0.2) is 41.6 Å². The predicted molar refractivity (Wildman–Crippen MR) is 112 cm³/mol. The monoisotopic (exact) mass is 404 g/mol. The predicted octanol–water partition coefficient (Wildman–Crippen LogP) is 4.86. The highest BCUT2D eigenvalue weighted by atomic mass is 35.5. The SMILES string of the molecule is CCOc1c(Cl)cc(/C=N\OCC(=O)Nc2ccccc2C(C)C)cc1OC. The molecule has 0 aliphatic heterocycles. The Morgan fingerprint density at radius 2 is 2.04 bits per heavy atom. The second kappa shape index (κ2) is 10.6. The van der Waals surface area contributed by atoms with Gasteiger partial charge in [0.15, 0.2) is 18.1 Å². The van der Waals surface area contributed by atoms with E-state index >= 15 is 0 Å². The van der Waals surface area contributed by atoms with Crippen molar-refractivity contribution in [3.63, 3.8) is 0 Å². The summed E-state index contributed by atoms with van der Waals surface area (Å²) in [6.07, 6.45) is 1.46. The number of carbonyl (C=O) groups is 1. The van der Waals surface area contributed by atoms with Crippen LogP contribution in [0.4, 0.5) is 5.69 Å². The van der Waals surface area contributed by atoms with Crippen LogP contribution in [-0.2, 0) is 9.63 Å². The molecule has 0 fully saturated rings. The number of oxime groups is 1. The molecule has 0 aliphatic rings. The molecule has 0 unspecified atom stereocenters. The molecule has 0 aromatic heterocycles. The minimum atomic E-state index is -0.285. The standard InChI is InChI=1S/C21H25ClN2O4/c1-5-27-21-17(22)10-15(11-19(21)26-4)12-23-28-13-20(25)24-18-9-7-6-8-16(18)14(2)3/h6-12,14H,5,13H2,1-4H3,(H,24,25)/b23-12-. The van der Waals surface area contributed by atoms with Crippen molar-refractivity contribution in [2.45, 2.75) is 26.7 Å². The first-order chi connectivity index (χ1) is 13.5. The number of benzene rings is 2. The summed E-state index contributed by atoms with van der Waals surface area (Å²) in [5.41, 5.74) is 2.50. The van der Waals surface area contributed by atoms with Crippen LogP contribution in [0.3, 0.4) is 0 Å². The van der Waals surface area contributed by atoms with Crippen molar-refractivity contribution >= 4 is 29.4 Å². The maximum Gasteiger partial charge on any atom is 0.265 e. The van der Waals surface area contributed by atoms with Crippen LogP contribution in [0.5, 0.6) is 11.5 Å². The molecule has 2 aromatic rings. The summed E-state index contributed by atoms with van der Waals surface area (Å²) in [7, 11) is 1.53. The number of carbonyl (C=O) groups excluding carboxylic acids is 1. The molecule has 0 heterocycles. The molecule has 0 atom stereocenters. The number of amides is 1. The van der Waals surface area contributed by atoms with Crippen LogP contribution in [0.1, 0.15) is 37.8 Å². The zero-order chi connectivity index (χ0) is 20.5. The molecule has 2 rings (SSSR count). The second-order valence-electron chi connectivity index (χ2n) is 6.27. The van der Waals surface area contributed by atoms with Crippen LogP contribution in [0, 0.1) is 0 Å². The highest BCUT2D eigenvalue weighted by Crippen LogP contribution is 2.36. The van der Waals surface area contributed by atoms with Crippen molar-refractivity contribution in [1.82, 2.24) is 0 Å². The smallest absolute Gasteiger partial charge is 0.265 e. The maximum absolute atomic E-state index is 12.1. The number of nitrogens with zero attached hydrogens (tertiary/aromatic N) is 1. The van der Waals surface area contributed by atoms with E-state index in [1.54, 1.807) is 12.1 Å². The summed E-state index contributed by atoms with van der Waals surface area (Å²) in [5.74, 6) is 0.995. The lowest BCUT2D eigenvalue weighted by Gasteiger charge is -2.13. The first kappa shape index (κ1) is 21.6. The Labute approximate surface area is 170 Å². The van der Waals surface area contributed by atoms with Crippen LogP contribution in [0.25, 0.3) is 0 Å². The van der Waals surface area contributed by atoms with Gasteiger partial charge in [0.05, 0.1) is 25.0 Å². The van der Waals surface area contributed by atoms with Gasteiger partial charge in [-0.3, -0.25) is 4.79 Å². The minimum Gasteiger partial charge on any atom is -0.493 e. The third kappa shape index (κ3) is 5.89. The number of hydrogen-bond acceptors (Lipinski definition) is 5. The Hall–Kier alpha value is -2.73. The molecular weight excluding hydrogens is 380 g/mol. The molecule has 6 nitrogen and oxygen atoms in total. The summed E-state index contributed by atoms with van der Waals surface area (Å²) in [5, 5.41) is 7.08. The van der Waals surface area contributed by atoms with Gasteiger partial charge in [0, 0.05) is 11.3 Å². The maximum atomic E-state index is 12.1. The summed E-state index contributed by atoms with van der Waals surface area (Å²) < 4.78 is 10.8. The molecule has 0 radical (unpaired) electrons. The molecule has 1 amide bonds. The van der Waals surface area contributed by atoms with E-state index in [9.17, 15) is 4.79 Å². The summed E-state index contributed by atoms with van der Waals surface area (Å²) >= 11 is 6.21. The fraction of sp³-hybridized carbons (Fsp3) is 0.333. The zero-order valence-corrected chi connectivity index (χ0v) is 17.2. The Bertz CT molecular complexity index is 837. The van der Waals surface area contributed by atoms with Crippen LogP contribution in [-0.4, -0.2) is 32.4 Å². The average Bonchev–Trinajstić information content (AvgIpc) is 2.67. The average molecular weight is 405 g/mol. The van der Waals surface area contributed by atoms with E-state index in [2.05, 4.69) is 24.3 Å². The minimum absolute atomic E-state index is 0.204. The zero-order valence-electron chi connectivity index (χ0n) is 16.5. The number of anilines is 1. The summed E-state index contributed by atoms with van der Waals surface area (Å²) in [4.78, 5) is 17.2. The molecule has 150 valence electrons. The largest absolute Gasteiger partial charge is 0.493 e. The van der Waals surface area contributed by atoms with E-state index in [1.807, 2.05) is 31.2 Å². The van der Waals surface area contributed by atoms with Gasteiger partial charge in [0.2, 0.25) is 0 Å². The summed E-state index contributed by atoms with van der Waals surface area (Å²) in [6, 6.07) is 11.1. The number of halogens is 1. The third-order valence-electron chi connectivity index (χ3n) is 3.87. The molecule has 7 heteroatoms. The Morgan fingerprint density at radius 3 is 2.71 bits per heavy atom. The number of hydrogen-bond donors (Lipinski definition) is 1. The Morgan fingerprint density at radius 1 is 1.29 bits per heavy atom. The molecule has 0 saturated carbocycles. The van der Waals surface area contributed by atoms with E-state index in [0.717, 1.165) is 11.3 Å². The number of methoxy groups -OCH3 is 1. The van der Waals surface area contributed by atoms with Crippen LogP contribution < -0.4 is 14.8 Å². The lowest BCUT2D eigenvalue weighted by Crippen LogP contribution is -2.18. The van der Waals surface area contributed by atoms with Gasteiger partial charge >= 0.3 is 0 Å². The number of para-hydroxylation sites is 1. The highest BCUT2D eigenvalue weighted by Gasteiger charge is 2.11. The first-order valence-electron chi connectivity index (χ1n) is 9.00.